The van der Waals surface area contributed by atoms with Crippen molar-refractivity contribution in [2.24, 2.45) is 0 Å². The van der Waals surface area contributed by atoms with Gasteiger partial charge >= 0.3 is 0 Å². The monoisotopic (exact) mass is 426 g/mol. The van der Waals surface area contributed by atoms with Crippen LogP contribution in [0.4, 0.5) is 0 Å². The fourth-order valence-electron chi connectivity index (χ4n) is 2.96. The lowest BCUT2D eigenvalue weighted by atomic mass is 10.0. The van der Waals surface area contributed by atoms with Crippen LogP contribution >= 0.6 is 23.4 Å². The maximum atomic E-state index is 13.0. The number of thioether (sulfide) groups is 1. The topological polar surface area (TPSA) is 35.5 Å². The van der Waals surface area contributed by atoms with Crippen LogP contribution in [-0.4, -0.2) is 20.0 Å². The molecule has 0 aliphatic rings. The molecule has 3 aromatic rings. The highest BCUT2D eigenvalue weighted by molar-refractivity contribution is 7.99. The van der Waals surface area contributed by atoms with Gasteiger partial charge in [0, 0.05) is 22.3 Å². The largest absolute Gasteiger partial charge is 0.497 e. The van der Waals surface area contributed by atoms with Gasteiger partial charge in [0.15, 0.2) is 5.78 Å². The lowest BCUT2D eigenvalue weighted by Gasteiger charge is -2.19. The fraction of sp³-hybridized carbons (Fsp3) is 0.208. The lowest BCUT2D eigenvalue weighted by Crippen LogP contribution is -2.06. The summed E-state index contributed by atoms with van der Waals surface area (Å²) < 4.78 is 10.9. The SMILES string of the molecule is COc1ccc(OC)c(S[C@H](CC(=O)c2ccc(C)cc2)c2ccc(Cl)cc2)c1. The number of hydrogen-bond acceptors (Lipinski definition) is 4. The molecule has 0 fully saturated rings. The number of benzene rings is 3. The van der Waals surface area contributed by atoms with Crippen molar-refractivity contribution in [3.63, 3.8) is 0 Å². The second-order valence-electron chi connectivity index (χ2n) is 6.67. The minimum Gasteiger partial charge on any atom is -0.497 e. The Morgan fingerprint density at radius 1 is 0.966 bits per heavy atom. The molecule has 3 aromatic carbocycles. The Morgan fingerprint density at radius 3 is 2.28 bits per heavy atom. The van der Waals surface area contributed by atoms with Crippen LogP contribution in [0, 0.1) is 6.92 Å². The second-order valence-corrected chi connectivity index (χ2v) is 8.35. The summed E-state index contributed by atoms with van der Waals surface area (Å²) in [5, 5.41) is 0.573. The number of hydrogen-bond donors (Lipinski definition) is 0. The van der Waals surface area contributed by atoms with E-state index in [2.05, 4.69) is 0 Å². The molecule has 0 aliphatic heterocycles. The van der Waals surface area contributed by atoms with Crippen LogP contribution < -0.4 is 9.47 Å². The summed E-state index contributed by atoms with van der Waals surface area (Å²) in [7, 11) is 3.27. The van der Waals surface area contributed by atoms with Crippen molar-refractivity contribution in [3.05, 3.63) is 88.4 Å². The Hall–Kier alpha value is -2.43. The molecule has 0 bridgehead atoms. The van der Waals surface area contributed by atoms with E-state index in [-0.39, 0.29) is 11.0 Å². The van der Waals surface area contributed by atoms with Crippen LogP contribution in [0.5, 0.6) is 11.5 Å². The van der Waals surface area contributed by atoms with Gasteiger partial charge in [-0.3, -0.25) is 4.79 Å². The van der Waals surface area contributed by atoms with Crippen molar-refractivity contribution >= 4 is 29.1 Å². The van der Waals surface area contributed by atoms with Crippen molar-refractivity contribution in [1.29, 1.82) is 0 Å². The van der Waals surface area contributed by atoms with Gasteiger partial charge in [0.05, 0.1) is 19.1 Å². The standard InChI is InChI=1S/C24H23ClO3S/c1-16-4-6-17(7-5-16)21(26)15-23(18-8-10-19(25)11-9-18)29-24-14-20(27-2)12-13-22(24)28-3/h4-14,23H,15H2,1-3H3/t23-/m1/s1. The molecule has 3 nitrogen and oxygen atoms in total. The van der Waals surface area contributed by atoms with Crippen molar-refractivity contribution in [2.75, 3.05) is 14.2 Å². The molecule has 0 radical (unpaired) electrons. The highest BCUT2D eigenvalue weighted by Crippen LogP contribution is 2.44. The third-order valence-corrected chi connectivity index (χ3v) is 6.17. The van der Waals surface area contributed by atoms with Gasteiger partial charge in [-0.1, -0.05) is 53.6 Å². The van der Waals surface area contributed by atoms with E-state index in [4.69, 9.17) is 21.1 Å². The molecule has 0 aliphatic carbocycles. The summed E-state index contributed by atoms with van der Waals surface area (Å²) in [6, 6.07) is 21.0. The molecule has 3 rings (SSSR count). The first-order chi connectivity index (χ1) is 14.0. The molecule has 5 heteroatoms. The maximum Gasteiger partial charge on any atom is 0.164 e. The van der Waals surface area contributed by atoms with E-state index in [1.165, 1.54) is 0 Å². The number of ether oxygens (including phenoxy) is 2. The molecule has 150 valence electrons. The van der Waals surface area contributed by atoms with E-state index in [0.29, 0.717) is 17.0 Å². The molecule has 1 atom stereocenters. The van der Waals surface area contributed by atoms with E-state index in [1.807, 2.05) is 73.7 Å². The zero-order chi connectivity index (χ0) is 20.8. The molecule has 0 saturated carbocycles. The minimum absolute atomic E-state index is 0.0953. The molecule has 0 aromatic heterocycles. The van der Waals surface area contributed by atoms with E-state index in [9.17, 15) is 4.79 Å². The summed E-state index contributed by atoms with van der Waals surface area (Å²) >= 11 is 7.66. The van der Waals surface area contributed by atoms with Gasteiger partial charge in [-0.15, -0.1) is 11.8 Å². The van der Waals surface area contributed by atoms with Gasteiger partial charge in [0.1, 0.15) is 11.5 Å². The number of aryl methyl sites for hydroxylation is 1. The van der Waals surface area contributed by atoms with Gasteiger partial charge in [-0.2, -0.15) is 0 Å². The molecule has 0 N–H and O–H groups in total. The number of carbonyl (C=O) groups excluding carboxylic acids is 1. The molecular weight excluding hydrogens is 404 g/mol. The Labute approximate surface area is 181 Å². The van der Waals surface area contributed by atoms with Crippen LogP contribution in [0.3, 0.4) is 0 Å². The third-order valence-electron chi connectivity index (χ3n) is 4.63. The van der Waals surface area contributed by atoms with Crippen LogP contribution in [-0.2, 0) is 0 Å². The zero-order valence-electron chi connectivity index (χ0n) is 16.6. The quantitative estimate of drug-likeness (QED) is 0.294. The smallest absolute Gasteiger partial charge is 0.164 e. The van der Waals surface area contributed by atoms with Crippen molar-refractivity contribution < 1.29 is 14.3 Å². The number of methoxy groups -OCH3 is 2. The summed E-state index contributed by atoms with van der Waals surface area (Å²) in [5.74, 6) is 1.59. The number of ketones is 1. The fourth-order valence-corrected chi connectivity index (χ4v) is 4.37. The first-order valence-corrected chi connectivity index (χ1v) is 10.5. The maximum absolute atomic E-state index is 13.0. The van der Waals surface area contributed by atoms with Crippen molar-refractivity contribution in [1.82, 2.24) is 0 Å². The highest BCUT2D eigenvalue weighted by Gasteiger charge is 2.21. The average Bonchev–Trinajstić information content (AvgIpc) is 2.74. The molecule has 29 heavy (non-hydrogen) atoms. The van der Waals surface area contributed by atoms with Gasteiger partial charge in [0.2, 0.25) is 0 Å². The zero-order valence-corrected chi connectivity index (χ0v) is 18.2. The van der Waals surface area contributed by atoms with Gasteiger partial charge < -0.3 is 9.47 Å². The Bertz CT molecular complexity index is 968. The predicted octanol–water partition coefficient (Wildman–Crippen LogP) is 6.77. The first-order valence-electron chi connectivity index (χ1n) is 9.24. The van der Waals surface area contributed by atoms with Gasteiger partial charge in [0.25, 0.3) is 0 Å². The summed E-state index contributed by atoms with van der Waals surface area (Å²) in [5.41, 5.74) is 2.88. The Morgan fingerprint density at radius 2 is 1.66 bits per heavy atom. The van der Waals surface area contributed by atoms with E-state index in [1.54, 1.807) is 26.0 Å². The highest BCUT2D eigenvalue weighted by atomic mass is 35.5. The minimum atomic E-state index is -0.0953. The number of carbonyl (C=O) groups is 1. The predicted molar refractivity (Wildman–Crippen MR) is 120 cm³/mol. The van der Waals surface area contributed by atoms with Crippen LogP contribution in [0.2, 0.25) is 5.02 Å². The molecule has 0 spiro atoms. The van der Waals surface area contributed by atoms with Crippen molar-refractivity contribution in [3.8, 4) is 11.5 Å². The second kappa shape index (κ2) is 9.86. The van der Waals surface area contributed by atoms with Gasteiger partial charge in [-0.05, 0) is 42.8 Å². The number of Topliss-reactive ketones (excluding diaryl/α,β-unsaturated/α-hetero) is 1. The Kier molecular flexibility index (Phi) is 7.24. The van der Waals surface area contributed by atoms with E-state index >= 15 is 0 Å². The normalized spacial score (nSPS) is 11.7. The summed E-state index contributed by atoms with van der Waals surface area (Å²) in [4.78, 5) is 13.9. The summed E-state index contributed by atoms with van der Waals surface area (Å²) in [6.07, 6.45) is 0.357. The van der Waals surface area contributed by atoms with Crippen molar-refractivity contribution in [2.45, 2.75) is 23.5 Å². The van der Waals surface area contributed by atoms with E-state index < -0.39 is 0 Å². The van der Waals surface area contributed by atoms with Crippen LogP contribution in [0.15, 0.2) is 71.6 Å². The average molecular weight is 427 g/mol. The first kappa shape index (κ1) is 21.3. The number of rotatable bonds is 8. The van der Waals surface area contributed by atoms with Gasteiger partial charge in [-0.25, -0.2) is 0 Å². The molecular formula is C24H23ClO3S. The van der Waals surface area contributed by atoms with Crippen LogP contribution in [0.1, 0.15) is 33.2 Å². The molecule has 0 saturated heterocycles. The lowest BCUT2D eigenvalue weighted by molar-refractivity contribution is 0.0982. The van der Waals surface area contributed by atoms with E-state index in [0.717, 1.165) is 27.5 Å². The Balaban J connectivity index is 1.92. The molecule has 0 amide bonds. The number of halogens is 1. The third kappa shape index (κ3) is 5.55. The molecule has 0 heterocycles. The van der Waals surface area contributed by atoms with Crippen LogP contribution in [0.25, 0.3) is 0 Å². The molecule has 0 unspecified atom stereocenters. The summed E-state index contributed by atoms with van der Waals surface area (Å²) in [6.45, 7) is 2.01.